The molecule has 3 heterocycles. The molecule has 0 atom stereocenters. The lowest BCUT2D eigenvalue weighted by Gasteiger charge is -2.06. The molecule has 0 saturated carbocycles. The Morgan fingerprint density at radius 1 is 0.962 bits per heavy atom. The van der Waals surface area contributed by atoms with Crippen LogP contribution in [0.1, 0.15) is 0 Å². The molecule has 0 saturated heterocycles. The maximum absolute atomic E-state index is 13.2. The molecule has 0 fully saturated rings. The maximum atomic E-state index is 13.2. The van der Waals surface area contributed by atoms with Gasteiger partial charge >= 0.3 is 0 Å². The summed E-state index contributed by atoms with van der Waals surface area (Å²) in [5, 5.41) is 9.24. The number of benzene rings is 2. The van der Waals surface area contributed by atoms with E-state index in [4.69, 9.17) is 28.2 Å². The zero-order valence-electron chi connectivity index (χ0n) is 13.1. The van der Waals surface area contributed by atoms with Crippen molar-refractivity contribution in [2.75, 3.05) is 0 Å². The summed E-state index contributed by atoms with van der Waals surface area (Å²) >= 11 is 13.7. The average molecular weight is 398 g/mol. The molecule has 0 bridgehead atoms. The number of rotatable bonds is 1. The molecule has 0 aliphatic heterocycles. The molecule has 0 spiro atoms. The smallest absolute Gasteiger partial charge is 0.267 e. The van der Waals surface area contributed by atoms with E-state index < -0.39 is 0 Å². The minimum absolute atomic E-state index is 0.233. The largest absolute Gasteiger partial charge is 0.283 e. The summed E-state index contributed by atoms with van der Waals surface area (Å²) in [6.07, 6.45) is 0. The Bertz CT molecular complexity index is 1370. The summed E-state index contributed by atoms with van der Waals surface area (Å²) in [5.74, 6) is 0. The molecule has 2 aromatic carbocycles. The summed E-state index contributed by atoms with van der Waals surface area (Å²) in [6, 6.07) is 14.9. The van der Waals surface area contributed by atoms with Crippen molar-refractivity contribution in [3.8, 4) is 11.1 Å². The van der Waals surface area contributed by atoms with E-state index in [1.54, 1.807) is 12.1 Å². The van der Waals surface area contributed by atoms with E-state index in [-0.39, 0.29) is 10.7 Å². The highest BCUT2D eigenvalue weighted by molar-refractivity contribution is 7.17. The van der Waals surface area contributed by atoms with Gasteiger partial charge in [-0.1, -0.05) is 59.6 Å². The SMILES string of the molecule is O=c1c2c(-c3ccc(Cl)cc3)csc2nc2c3ccccc3c(Cl)nn12. The van der Waals surface area contributed by atoms with Crippen LogP contribution in [0.5, 0.6) is 0 Å². The van der Waals surface area contributed by atoms with Crippen LogP contribution < -0.4 is 5.56 Å². The second-order valence-corrected chi connectivity index (χ2v) is 7.48. The first-order valence-electron chi connectivity index (χ1n) is 7.78. The Hall–Kier alpha value is -2.47. The van der Waals surface area contributed by atoms with Crippen LogP contribution in [0, 0.1) is 0 Å². The van der Waals surface area contributed by atoms with E-state index in [1.807, 2.05) is 41.8 Å². The first-order chi connectivity index (χ1) is 12.6. The van der Waals surface area contributed by atoms with E-state index in [0.717, 1.165) is 21.9 Å². The maximum Gasteiger partial charge on any atom is 0.283 e. The summed E-state index contributed by atoms with van der Waals surface area (Å²) in [5.41, 5.74) is 2.00. The van der Waals surface area contributed by atoms with Gasteiger partial charge in [0.15, 0.2) is 10.8 Å². The summed E-state index contributed by atoms with van der Waals surface area (Å²) in [4.78, 5) is 18.6. The van der Waals surface area contributed by atoms with Gasteiger partial charge in [-0.2, -0.15) is 9.61 Å². The fraction of sp³-hybridized carbons (Fsp3) is 0. The standard InChI is InChI=1S/C19H9Cl2N3OS/c20-11-7-5-10(6-8-11)14-9-26-18-15(14)19(25)24-17(22-18)13-4-2-1-3-12(13)16(21)23-24/h1-9H. The molecule has 0 aliphatic carbocycles. The highest BCUT2D eigenvalue weighted by atomic mass is 35.5. The second-order valence-electron chi connectivity index (χ2n) is 5.83. The summed E-state index contributed by atoms with van der Waals surface area (Å²) in [7, 11) is 0. The fourth-order valence-corrected chi connectivity index (χ4v) is 4.40. The third-order valence-corrected chi connectivity index (χ3v) is 5.72. The van der Waals surface area contributed by atoms with Gasteiger partial charge in [-0.3, -0.25) is 4.79 Å². The quantitative estimate of drug-likeness (QED) is 0.354. The molecule has 126 valence electrons. The summed E-state index contributed by atoms with van der Waals surface area (Å²) < 4.78 is 1.29. The van der Waals surface area contributed by atoms with E-state index in [0.29, 0.717) is 20.9 Å². The molecule has 0 amide bonds. The lowest BCUT2D eigenvalue weighted by molar-refractivity contribution is 0.894. The second kappa shape index (κ2) is 5.77. The summed E-state index contributed by atoms with van der Waals surface area (Å²) in [6.45, 7) is 0. The van der Waals surface area contributed by atoms with Gasteiger partial charge in [0.1, 0.15) is 4.83 Å². The normalized spacial score (nSPS) is 11.6. The van der Waals surface area contributed by atoms with E-state index in [9.17, 15) is 4.79 Å². The molecule has 0 N–H and O–H groups in total. The van der Waals surface area contributed by atoms with Gasteiger partial charge in [0.2, 0.25) is 0 Å². The molecule has 4 nitrogen and oxygen atoms in total. The Morgan fingerprint density at radius 3 is 2.46 bits per heavy atom. The van der Waals surface area contributed by atoms with Gasteiger partial charge < -0.3 is 0 Å². The van der Waals surface area contributed by atoms with Gasteiger partial charge in [-0.15, -0.1) is 11.3 Å². The zero-order chi connectivity index (χ0) is 17.8. The number of halogens is 2. The van der Waals surface area contributed by atoms with Gasteiger partial charge in [0.25, 0.3) is 5.56 Å². The molecular weight excluding hydrogens is 389 g/mol. The first-order valence-corrected chi connectivity index (χ1v) is 9.41. The molecule has 3 aromatic heterocycles. The van der Waals surface area contributed by atoms with Crippen LogP contribution in [-0.2, 0) is 0 Å². The van der Waals surface area contributed by atoms with Crippen molar-refractivity contribution < 1.29 is 0 Å². The Morgan fingerprint density at radius 2 is 1.69 bits per heavy atom. The van der Waals surface area contributed by atoms with Crippen molar-refractivity contribution in [1.82, 2.24) is 14.6 Å². The fourth-order valence-electron chi connectivity index (χ4n) is 3.09. The third-order valence-electron chi connectivity index (χ3n) is 4.32. The van der Waals surface area contributed by atoms with Gasteiger partial charge in [0, 0.05) is 26.7 Å². The molecule has 5 aromatic rings. The number of fused-ring (bicyclic) bond motifs is 4. The Labute approximate surface area is 161 Å². The van der Waals surface area contributed by atoms with Crippen LogP contribution in [0.15, 0.2) is 58.7 Å². The Balaban J connectivity index is 1.92. The molecule has 0 unspecified atom stereocenters. The van der Waals surface area contributed by atoms with Crippen molar-refractivity contribution in [3.05, 3.63) is 74.4 Å². The number of hydrogen-bond acceptors (Lipinski definition) is 4. The van der Waals surface area contributed by atoms with Crippen molar-refractivity contribution >= 4 is 61.2 Å². The first kappa shape index (κ1) is 15.8. The van der Waals surface area contributed by atoms with Crippen molar-refractivity contribution in [1.29, 1.82) is 0 Å². The van der Waals surface area contributed by atoms with Gasteiger partial charge in [-0.05, 0) is 17.7 Å². The third kappa shape index (κ3) is 2.25. The molecule has 0 radical (unpaired) electrons. The number of aromatic nitrogens is 3. The lowest BCUT2D eigenvalue weighted by Crippen LogP contribution is -2.18. The monoisotopic (exact) mass is 397 g/mol. The highest BCUT2D eigenvalue weighted by Crippen LogP contribution is 2.33. The van der Waals surface area contributed by atoms with Crippen LogP contribution in [0.2, 0.25) is 10.2 Å². The predicted molar refractivity (Wildman–Crippen MR) is 108 cm³/mol. The Kier molecular flexibility index (Phi) is 3.50. The lowest BCUT2D eigenvalue weighted by atomic mass is 10.1. The molecule has 7 heteroatoms. The average Bonchev–Trinajstić information content (AvgIpc) is 3.08. The van der Waals surface area contributed by atoms with Gasteiger partial charge in [-0.25, -0.2) is 4.98 Å². The number of nitrogens with zero attached hydrogens (tertiary/aromatic N) is 3. The molecule has 0 aliphatic rings. The molecule has 5 rings (SSSR count). The minimum atomic E-state index is -0.233. The van der Waals surface area contributed by atoms with Crippen LogP contribution >= 0.6 is 34.5 Å². The molecular formula is C19H9Cl2N3OS. The van der Waals surface area contributed by atoms with E-state index in [2.05, 4.69) is 5.10 Å². The highest BCUT2D eigenvalue weighted by Gasteiger charge is 2.17. The van der Waals surface area contributed by atoms with E-state index >= 15 is 0 Å². The number of hydrogen-bond donors (Lipinski definition) is 0. The van der Waals surface area contributed by atoms with Gasteiger partial charge in [0.05, 0.1) is 5.39 Å². The van der Waals surface area contributed by atoms with Crippen LogP contribution in [0.25, 0.3) is 37.8 Å². The van der Waals surface area contributed by atoms with E-state index in [1.165, 1.54) is 15.9 Å². The van der Waals surface area contributed by atoms with Crippen LogP contribution in [0.4, 0.5) is 0 Å². The van der Waals surface area contributed by atoms with Crippen molar-refractivity contribution in [3.63, 3.8) is 0 Å². The number of thiophene rings is 1. The topological polar surface area (TPSA) is 47.3 Å². The van der Waals surface area contributed by atoms with Crippen LogP contribution in [-0.4, -0.2) is 14.6 Å². The van der Waals surface area contributed by atoms with Crippen LogP contribution in [0.3, 0.4) is 0 Å². The predicted octanol–water partition coefficient (Wildman–Crippen LogP) is 5.43. The zero-order valence-corrected chi connectivity index (χ0v) is 15.4. The molecule has 26 heavy (non-hydrogen) atoms. The minimum Gasteiger partial charge on any atom is -0.267 e. The van der Waals surface area contributed by atoms with Crippen molar-refractivity contribution in [2.24, 2.45) is 0 Å². The van der Waals surface area contributed by atoms with Crippen molar-refractivity contribution in [2.45, 2.75) is 0 Å².